The molecule has 0 fully saturated rings. The number of hydrogen-bond acceptors (Lipinski definition) is 2. The first-order valence-corrected chi connectivity index (χ1v) is 6.18. The number of rotatable bonds is 3. The minimum Gasteiger partial charge on any atom is -0.288 e. The number of nitriles is 1. The minimum atomic E-state index is -0.173. The van der Waals surface area contributed by atoms with Gasteiger partial charge in [-0.05, 0) is 25.2 Å². The third-order valence-electron chi connectivity index (χ3n) is 3.11. The number of ketones is 1. The van der Waals surface area contributed by atoms with Crippen LogP contribution < -0.4 is 0 Å². The first-order valence-electron chi connectivity index (χ1n) is 6.18. The summed E-state index contributed by atoms with van der Waals surface area (Å²) in [6.45, 7) is 0. The average Bonchev–Trinajstić information content (AvgIpc) is 2.46. The van der Waals surface area contributed by atoms with Gasteiger partial charge in [-0.1, -0.05) is 48.6 Å². The second-order valence-electron chi connectivity index (χ2n) is 4.43. The van der Waals surface area contributed by atoms with Crippen molar-refractivity contribution in [2.45, 2.75) is 19.3 Å². The zero-order chi connectivity index (χ0) is 12.8. The number of hydrogen-bond donors (Lipinski definition) is 0. The third-order valence-corrected chi connectivity index (χ3v) is 3.11. The van der Waals surface area contributed by atoms with Crippen molar-refractivity contribution in [1.82, 2.24) is 0 Å². The molecule has 2 heteroatoms. The summed E-state index contributed by atoms with van der Waals surface area (Å²) < 4.78 is 0. The fourth-order valence-corrected chi connectivity index (χ4v) is 2.11. The van der Waals surface area contributed by atoms with Gasteiger partial charge in [0.2, 0.25) is 5.78 Å². The number of allylic oxidation sites excluding steroid dienone is 4. The summed E-state index contributed by atoms with van der Waals surface area (Å²) >= 11 is 0. The van der Waals surface area contributed by atoms with Gasteiger partial charge in [0.1, 0.15) is 6.07 Å². The fourth-order valence-electron chi connectivity index (χ4n) is 2.11. The fraction of sp³-hybridized carbons (Fsp3) is 0.250. The standard InChI is InChI=1S/C16H15NO/c17-12-15(11-13-7-3-1-4-8-13)16(18)14-9-5-2-6-10-14/h1-3,5-6,9-11,13H,4,7-8H2/b15-11+. The van der Waals surface area contributed by atoms with Gasteiger partial charge in [-0.25, -0.2) is 0 Å². The van der Waals surface area contributed by atoms with E-state index in [1.807, 2.05) is 30.3 Å². The van der Waals surface area contributed by atoms with E-state index in [-0.39, 0.29) is 11.4 Å². The summed E-state index contributed by atoms with van der Waals surface area (Å²) in [4.78, 5) is 12.1. The van der Waals surface area contributed by atoms with E-state index >= 15 is 0 Å². The molecular formula is C16H15NO. The second-order valence-corrected chi connectivity index (χ2v) is 4.43. The molecule has 1 atom stereocenters. The molecule has 0 bridgehead atoms. The first-order chi connectivity index (χ1) is 8.81. The Hall–Kier alpha value is -2.14. The van der Waals surface area contributed by atoms with E-state index < -0.39 is 0 Å². The lowest BCUT2D eigenvalue weighted by Gasteiger charge is -2.13. The molecule has 0 aliphatic heterocycles. The van der Waals surface area contributed by atoms with Gasteiger partial charge in [-0.15, -0.1) is 0 Å². The van der Waals surface area contributed by atoms with E-state index in [2.05, 4.69) is 12.2 Å². The van der Waals surface area contributed by atoms with Crippen molar-refractivity contribution in [2.75, 3.05) is 0 Å². The highest BCUT2D eigenvalue weighted by Gasteiger charge is 2.15. The van der Waals surface area contributed by atoms with Crippen LogP contribution in [0.4, 0.5) is 0 Å². The van der Waals surface area contributed by atoms with Crippen molar-refractivity contribution in [3.8, 4) is 6.07 Å². The maximum Gasteiger partial charge on any atom is 0.203 e. The van der Waals surface area contributed by atoms with E-state index in [1.54, 1.807) is 12.1 Å². The van der Waals surface area contributed by atoms with Crippen LogP contribution >= 0.6 is 0 Å². The second kappa shape index (κ2) is 5.97. The lowest BCUT2D eigenvalue weighted by Crippen LogP contribution is -2.06. The highest BCUT2D eigenvalue weighted by molar-refractivity contribution is 6.11. The molecule has 0 aromatic heterocycles. The summed E-state index contributed by atoms with van der Waals surface area (Å²) in [6, 6.07) is 11.0. The summed E-state index contributed by atoms with van der Waals surface area (Å²) in [5.41, 5.74) is 0.846. The van der Waals surface area contributed by atoms with Crippen molar-refractivity contribution < 1.29 is 4.79 Å². The Morgan fingerprint density at radius 2 is 2.06 bits per heavy atom. The maximum absolute atomic E-state index is 12.1. The Balaban J connectivity index is 2.19. The molecule has 0 N–H and O–H groups in total. The van der Waals surface area contributed by atoms with Gasteiger partial charge in [0.25, 0.3) is 0 Å². The van der Waals surface area contributed by atoms with Gasteiger partial charge < -0.3 is 0 Å². The molecule has 1 aliphatic rings. The van der Waals surface area contributed by atoms with Crippen LogP contribution in [0.15, 0.2) is 54.1 Å². The van der Waals surface area contributed by atoms with Crippen molar-refractivity contribution >= 4 is 5.78 Å². The number of nitrogens with zero attached hydrogens (tertiary/aromatic N) is 1. The summed E-state index contributed by atoms with van der Waals surface area (Å²) in [7, 11) is 0. The first kappa shape index (κ1) is 12.3. The van der Waals surface area contributed by atoms with Crippen LogP contribution in [-0.2, 0) is 0 Å². The topological polar surface area (TPSA) is 40.9 Å². The third kappa shape index (κ3) is 2.95. The lowest BCUT2D eigenvalue weighted by atomic mass is 9.91. The van der Waals surface area contributed by atoms with Crippen molar-refractivity contribution in [2.24, 2.45) is 5.92 Å². The summed E-state index contributed by atoms with van der Waals surface area (Å²) in [5, 5.41) is 9.13. The Morgan fingerprint density at radius 3 is 2.67 bits per heavy atom. The van der Waals surface area contributed by atoms with Crippen molar-refractivity contribution in [1.29, 1.82) is 5.26 Å². The Kier molecular flexibility index (Phi) is 4.09. The predicted octanol–water partition coefficient (Wildman–Crippen LogP) is 3.68. The predicted molar refractivity (Wildman–Crippen MR) is 70.9 cm³/mol. The maximum atomic E-state index is 12.1. The largest absolute Gasteiger partial charge is 0.288 e. The molecule has 0 spiro atoms. The van der Waals surface area contributed by atoms with E-state index in [9.17, 15) is 4.79 Å². The van der Waals surface area contributed by atoms with Crippen LogP contribution in [0.1, 0.15) is 29.6 Å². The van der Waals surface area contributed by atoms with Crippen molar-refractivity contribution in [3.63, 3.8) is 0 Å². The summed E-state index contributed by atoms with van der Waals surface area (Å²) in [5.74, 6) is 0.143. The molecule has 1 unspecified atom stereocenters. The molecule has 18 heavy (non-hydrogen) atoms. The highest BCUT2D eigenvalue weighted by atomic mass is 16.1. The van der Waals surface area contributed by atoms with Crippen LogP contribution in [0.2, 0.25) is 0 Å². The molecule has 1 aromatic carbocycles. The molecule has 0 saturated heterocycles. The van der Waals surface area contributed by atoms with Crippen LogP contribution in [0.5, 0.6) is 0 Å². The summed E-state index contributed by atoms with van der Waals surface area (Å²) in [6.07, 6.45) is 9.07. The minimum absolute atomic E-state index is 0.173. The van der Waals surface area contributed by atoms with E-state index in [4.69, 9.17) is 5.26 Å². The molecule has 0 heterocycles. The van der Waals surface area contributed by atoms with Gasteiger partial charge in [0.15, 0.2) is 0 Å². The van der Waals surface area contributed by atoms with Crippen LogP contribution in [0, 0.1) is 17.2 Å². The monoisotopic (exact) mass is 237 g/mol. The zero-order valence-corrected chi connectivity index (χ0v) is 10.2. The Labute approximate surface area is 107 Å². The molecule has 0 saturated carbocycles. The lowest BCUT2D eigenvalue weighted by molar-refractivity contribution is 0.103. The van der Waals surface area contributed by atoms with Crippen LogP contribution in [0.25, 0.3) is 0 Å². The number of Topliss-reactive ketones (excluding diaryl/α,β-unsaturated/α-hetero) is 1. The highest BCUT2D eigenvalue weighted by Crippen LogP contribution is 2.21. The normalized spacial score (nSPS) is 19.3. The number of carbonyl (C=O) groups excluding carboxylic acids is 1. The molecular weight excluding hydrogens is 222 g/mol. The van der Waals surface area contributed by atoms with Crippen LogP contribution in [-0.4, -0.2) is 5.78 Å². The van der Waals surface area contributed by atoms with Crippen LogP contribution in [0.3, 0.4) is 0 Å². The number of benzene rings is 1. The quantitative estimate of drug-likeness (QED) is 0.348. The Bertz CT molecular complexity index is 520. The van der Waals surface area contributed by atoms with Gasteiger partial charge in [0, 0.05) is 5.56 Å². The van der Waals surface area contributed by atoms with E-state index in [0.717, 1.165) is 19.3 Å². The Morgan fingerprint density at radius 1 is 1.28 bits per heavy atom. The van der Waals surface area contributed by atoms with Crippen molar-refractivity contribution in [3.05, 3.63) is 59.7 Å². The SMILES string of the molecule is N#C/C(=C\C1CC=CCC1)C(=O)c1ccccc1. The molecule has 0 radical (unpaired) electrons. The molecule has 0 amide bonds. The van der Waals surface area contributed by atoms with Gasteiger partial charge >= 0.3 is 0 Å². The average molecular weight is 237 g/mol. The molecule has 1 aliphatic carbocycles. The smallest absolute Gasteiger partial charge is 0.203 e. The molecule has 2 nitrogen and oxygen atoms in total. The number of carbonyl (C=O) groups is 1. The van der Waals surface area contributed by atoms with Gasteiger partial charge in [0.05, 0.1) is 5.57 Å². The molecule has 1 aromatic rings. The van der Waals surface area contributed by atoms with E-state index in [1.165, 1.54) is 0 Å². The van der Waals surface area contributed by atoms with Gasteiger partial charge in [-0.2, -0.15) is 5.26 Å². The zero-order valence-electron chi connectivity index (χ0n) is 10.2. The molecule has 2 rings (SSSR count). The van der Waals surface area contributed by atoms with E-state index in [0.29, 0.717) is 11.5 Å². The van der Waals surface area contributed by atoms with Gasteiger partial charge in [-0.3, -0.25) is 4.79 Å². The molecule has 90 valence electrons.